The number of carboxylic acid groups (broad SMARTS) is 1. The number of carbonyl (C=O) groups is 5. The molecular formula is C59H98N4O43. The van der Waals surface area contributed by atoms with Gasteiger partial charge in [0.15, 0.2) is 31.5 Å². The molecule has 8 saturated heterocycles. The highest BCUT2D eigenvalue weighted by Gasteiger charge is 2.61. The van der Waals surface area contributed by atoms with Crippen molar-refractivity contribution in [1.29, 1.82) is 0 Å². The average Bonchev–Trinajstić information content (AvgIpc) is 1.35. The molecule has 0 bridgehead atoms. The van der Waals surface area contributed by atoms with Crippen molar-refractivity contribution in [3.8, 4) is 0 Å². The fourth-order valence-electron chi connectivity index (χ4n) is 13.5. The van der Waals surface area contributed by atoms with Gasteiger partial charge in [0.1, 0.15) is 183 Å². The number of aliphatic carboxylic acids is 1. The van der Waals surface area contributed by atoms with Crippen molar-refractivity contribution in [2.24, 2.45) is 0 Å². The lowest BCUT2D eigenvalue weighted by atomic mass is 9.88. The Morgan fingerprint density at radius 3 is 1.37 bits per heavy atom. The minimum Gasteiger partial charge on any atom is -0.477 e. The highest BCUT2D eigenvalue weighted by Crippen LogP contribution is 2.39. The fourth-order valence-corrected chi connectivity index (χ4v) is 13.5. The predicted octanol–water partition coefficient (Wildman–Crippen LogP) is -18.0. The van der Waals surface area contributed by atoms with Crippen LogP contribution in [0.2, 0.25) is 0 Å². The molecule has 0 aliphatic carbocycles. The van der Waals surface area contributed by atoms with E-state index in [1.807, 2.05) is 0 Å². The van der Waals surface area contributed by atoms with Crippen LogP contribution in [0.5, 0.6) is 0 Å². The summed E-state index contributed by atoms with van der Waals surface area (Å²) in [5, 5.41) is 260. The van der Waals surface area contributed by atoms with Gasteiger partial charge in [-0.05, 0) is 0 Å². The third kappa shape index (κ3) is 19.5. The van der Waals surface area contributed by atoms with Gasteiger partial charge in [-0.2, -0.15) is 0 Å². The van der Waals surface area contributed by atoms with E-state index >= 15 is 0 Å². The van der Waals surface area contributed by atoms with Crippen LogP contribution in [-0.2, 0) is 95.0 Å². The Hall–Kier alpha value is -4.13. The van der Waals surface area contributed by atoms with Crippen molar-refractivity contribution in [1.82, 2.24) is 21.3 Å². The van der Waals surface area contributed by atoms with Crippen LogP contribution in [0.1, 0.15) is 34.1 Å². The zero-order valence-corrected chi connectivity index (χ0v) is 57.1. The van der Waals surface area contributed by atoms with Gasteiger partial charge in [0.25, 0.3) is 5.79 Å². The first-order chi connectivity index (χ1) is 49.9. The molecular weight excluding hydrogens is 1450 g/mol. The number of hydrogen-bond acceptors (Lipinski definition) is 42. The summed E-state index contributed by atoms with van der Waals surface area (Å²) in [6, 6.07) is -6.56. The first kappa shape index (κ1) is 87.4. The zero-order valence-electron chi connectivity index (χ0n) is 57.1. The maximum Gasteiger partial charge on any atom is 0.364 e. The minimum atomic E-state index is -3.03. The number of nitrogens with one attached hydrogen (secondary N) is 4. The van der Waals surface area contributed by atoms with Gasteiger partial charge in [-0.15, -0.1) is 0 Å². The van der Waals surface area contributed by atoms with Crippen LogP contribution in [-0.4, -0.2) is 451 Å². The molecule has 0 spiro atoms. The third-order valence-corrected chi connectivity index (χ3v) is 19.2. The normalized spacial score (nSPS) is 46.4. The van der Waals surface area contributed by atoms with Crippen molar-refractivity contribution in [2.45, 2.75) is 272 Å². The summed E-state index contributed by atoms with van der Waals surface area (Å²) in [7, 11) is 0. The molecule has 39 atom stereocenters. The summed E-state index contributed by atoms with van der Waals surface area (Å²) in [4.78, 5) is 62.8. The lowest BCUT2D eigenvalue weighted by Gasteiger charge is -2.50. The molecule has 612 valence electrons. The van der Waals surface area contributed by atoms with Crippen LogP contribution in [0.25, 0.3) is 0 Å². The van der Waals surface area contributed by atoms with Gasteiger partial charge in [0.2, 0.25) is 29.4 Å². The van der Waals surface area contributed by atoms with E-state index in [0.717, 1.165) is 27.7 Å². The van der Waals surface area contributed by atoms with Gasteiger partial charge < -0.3 is 210 Å². The number of carboxylic acids is 1. The highest BCUT2D eigenvalue weighted by molar-refractivity contribution is 5.77. The molecule has 47 heteroatoms. The van der Waals surface area contributed by atoms with Gasteiger partial charge in [0.05, 0.1) is 77.6 Å². The molecule has 47 nitrogen and oxygen atoms in total. The molecule has 8 rings (SSSR count). The highest BCUT2D eigenvalue weighted by atomic mass is 16.8. The van der Waals surface area contributed by atoms with E-state index in [2.05, 4.69) is 21.3 Å². The molecule has 0 radical (unpaired) electrons. The van der Waals surface area contributed by atoms with Crippen molar-refractivity contribution in [3.63, 3.8) is 0 Å². The van der Waals surface area contributed by atoms with Gasteiger partial charge >= 0.3 is 5.97 Å². The maximum absolute atomic E-state index is 12.9. The minimum absolute atomic E-state index is 0.393. The standard InChI is InChI=1S/C59H98N4O43/c1-16(69)60-20-11-93-29(12-92-15-58(91)51(88)38(80)24(8-66)105-58)48(33(20)75)101-52-31(62-18(3)71)39(81)46(25(9-67)97-52)102-54-44(86)41(83)36(78)27(99-54)13-94-56-50(43(85)35(77)23(7-65)96-56)104-53-32(63-19(4)72)40(82)47(26(10-68)98-53)103-55-45(87)42(84)37(79)28(100-55)14-95-59(57(89)90)5-21(73)30(61-17(2)70)49(106-59)34(76)22(74)6-64/h20-56,64-68,73-88,91H,5-15H2,1-4H3,(H,60,69)(H,61,70)(H,62,71)(H,63,72)(H,89,90)/t20-,21-,22+,23+,24+,25+,26+,27+,28+,29+,30+,31+,32+,33+,34+,35+,36+,37-,38+,39+,40+,41-,42-,43-,44-,45+,46+,47+,48+,49+,50-,51-,52-,53+,54-,55-,56+,58-,59+/m0/s1. The number of rotatable bonds is 30. The van der Waals surface area contributed by atoms with Crippen LogP contribution < -0.4 is 21.3 Å². The summed E-state index contributed by atoms with van der Waals surface area (Å²) in [5.74, 6) is -10.9. The Morgan fingerprint density at radius 1 is 0.453 bits per heavy atom. The van der Waals surface area contributed by atoms with Gasteiger partial charge in [-0.25, -0.2) is 4.79 Å². The molecule has 8 aliphatic heterocycles. The maximum atomic E-state index is 12.9. The van der Waals surface area contributed by atoms with Crippen molar-refractivity contribution in [2.75, 3.05) is 66.1 Å². The number of amides is 4. The van der Waals surface area contributed by atoms with E-state index < -0.39 is 340 Å². The summed E-state index contributed by atoms with van der Waals surface area (Å²) in [5.41, 5.74) is 0. The van der Waals surface area contributed by atoms with Gasteiger partial charge in [0, 0.05) is 34.1 Å². The Balaban J connectivity index is 0.961. The summed E-state index contributed by atoms with van der Waals surface area (Å²) < 4.78 is 87.1. The molecule has 0 aromatic heterocycles. The number of ether oxygens (including phenoxy) is 15. The van der Waals surface area contributed by atoms with E-state index in [1.54, 1.807) is 0 Å². The van der Waals surface area contributed by atoms with Crippen LogP contribution in [0.4, 0.5) is 0 Å². The van der Waals surface area contributed by atoms with E-state index in [1.165, 1.54) is 0 Å². The van der Waals surface area contributed by atoms with Crippen LogP contribution in [0.15, 0.2) is 0 Å². The second-order valence-electron chi connectivity index (χ2n) is 26.9. The number of carbonyl (C=O) groups excluding carboxylic acids is 4. The summed E-state index contributed by atoms with van der Waals surface area (Å²) >= 11 is 0. The molecule has 27 N–H and O–H groups in total. The van der Waals surface area contributed by atoms with Crippen molar-refractivity contribution in [3.05, 3.63) is 0 Å². The zero-order chi connectivity index (χ0) is 78.5. The molecule has 106 heavy (non-hydrogen) atoms. The average molecular weight is 1550 g/mol. The second-order valence-corrected chi connectivity index (χ2v) is 26.9. The first-order valence-corrected chi connectivity index (χ1v) is 33.6. The Bertz CT molecular complexity index is 2860. The Kier molecular flexibility index (Phi) is 30.9. The topological polar surface area (TPSA) is 737 Å². The second kappa shape index (κ2) is 37.5. The largest absolute Gasteiger partial charge is 0.477 e. The number of aliphatic hydroxyl groups is 22. The van der Waals surface area contributed by atoms with Crippen molar-refractivity contribution < 1.29 is 212 Å². The lowest BCUT2D eigenvalue weighted by molar-refractivity contribution is -0.381. The molecule has 8 fully saturated rings. The number of aliphatic hydroxyl groups excluding tert-OH is 21. The Morgan fingerprint density at radius 2 is 0.896 bits per heavy atom. The molecule has 0 saturated carbocycles. The SMILES string of the molecule is CC(=O)N[C@H]1[C@H](O[C@H]2[C@H](O)[C@@H](NC(C)=O)CO[C@@H]2COC[C@]2(O)O[C@H](CO)[C@@H](O)[C@@H]2O)O[C@H](CO)[C@@H](O[C@@H]2O[C@H](CO[C@@H]3O[C@H](CO)[C@@H](O)[C@H](O)[C@@H]3O[C@H]3O[C@H](CO)[C@@H](O[C@@H]4O[C@H](CO[C@]5(C(=O)O)C[C@H](O)[C@@H](NC(C)=O)[C@H]([C@H](O)[C@H](O)CO)O5)[C@H](O)[C@H](O)[C@H]4O)[C@H](O)[C@H]3NC(C)=O)[C@@H](O)[C@H](O)[C@@H]2O)[C@@H]1O. The molecule has 4 amide bonds. The van der Waals surface area contributed by atoms with E-state index in [-0.39, 0.29) is 0 Å². The lowest BCUT2D eigenvalue weighted by Crippen LogP contribution is -2.70. The van der Waals surface area contributed by atoms with Crippen LogP contribution in [0, 0.1) is 0 Å². The molecule has 0 unspecified atom stereocenters. The van der Waals surface area contributed by atoms with E-state index in [9.17, 15) is 141 Å². The van der Waals surface area contributed by atoms with E-state index in [4.69, 9.17) is 71.1 Å². The first-order valence-electron chi connectivity index (χ1n) is 33.6. The number of hydrogen-bond donors (Lipinski definition) is 27. The van der Waals surface area contributed by atoms with Gasteiger partial charge in [-0.1, -0.05) is 0 Å². The summed E-state index contributed by atoms with van der Waals surface area (Å²) in [6.45, 7) is -5.28. The van der Waals surface area contributed by atoms with Crippen LogP contribution >= 0.6 is 0 Å². The molecule has 8 heterocycles. The summed E-state index contributed by atoms with van der Waals surface area (Å²) in [6.07, 6.45) is -67.2. The fraction of sp³-hybridized carbons (Fsp3) is 0.915. The van der Waals surface area contributed by atoms with Gasteiger partial charge in [-0.3, -0.25) is 19.2 Å². The molecule has 0 aromatic rings. The molecule has 8 aliphatic rings. The van der Waals surface area contributed by atoms with Crippen molar-refractivity contribution >= 4 is 29.6 Å². The Labute approximate surface area is 600 Å². The monoisotopic (exact) mass is 1550 g/mol. The van der Waals surface area contributed by atoms with Crippen LogP contribution in [0.3, 0.4) is 0 Å². The molecule has 0 aromatic carbocycles. The predicted molar refractivity (Wildman–Crippen MR) is 327 cm³/mol. The quantitative estimate of drug-likeness (QED) is 0.0318. The smallest absolute Gasteiger partial charge is 0.364 e. The third-order valence-electron chi connectivity index (χ3n) is 19.2. The van der Waals surface area contributed by atoms with E-state index in [0.29, 0.717) is 0 Å².